The first-order valence-electron chi connectivity index (χ1n) is 14.9. The van der Waals surface area contributed by atoms with Gasteiger partial charge in [-0.2, -0.15) is 4.57 Å². The number of likely N-dealkylation sites (tertiary alicyclic amines) is 1. The molecule has 1 saturated heterocycles. The van der Waals surface area contributed by atoms with Crippen molar-refractivity contribution in [2.75, 3.05) is 26.2 Å². The predicted octanol–water partition coefficient (Wildman–Crippen LogP) is 6.06. The van der Waals surface area contributed by atoms with E-state index in [-0.39, 0.29) is 18.7 Å². The predicted molar refractivity (Wildman–Crippen MR) is 166 cm³/mol. The van der Waals surface area contributed by atoms with E-state index in [0.717, 1.165) is 17.7 Å². The van der Waals surface area contributed by atoms with Crippen LogP contribution in [0.5, 0.6) is 0 Å². The van der Waals surface area contributed by atoms with Gasteiger partial charge in [-0.15, -0.1) is 0 Å². The van der Waals surface area contributed by atoms with Gasteiger partial charge in [-0.05, 0) is 56.9 Å². The minimum atomic E-state index is -0.731. The molecule has 0 spiro atoms. The molecule has 1 fully saturated rings. The molecule has 0 N–H and O–H groups in total. The van der Waals surface area contributed by atoms with Crippen LogP contribution < -0.4 is 5.69 Å². The zero-order valence-electron chi connectivity index (χ0n) is 25.1. The third-order valence-corrected chi connectivity index (χ3v) is 7.57. The summed E-state index contributed by atoms with van der Waals surface area (Å²) in [7, 11) is 0. The molecule has 1 aliphatic rings. The number of ether oxygens (including phenoxy) is 2. The van der Waals surface area contributed by atoms with Gasteiger partial charge in [0.05, 0.1) is 11.0 Å². The SMILES string of the molecule is CC(C)(C)OC(=O)n1c(=O)n(C2CCN(C(=O)OCCN(Cc3ccccc3)Cc3ccccc3)CC2)c2ccccc21. The highest BCUT2D eigenvalue weighted by Gasteiger charge is 2.30. The van der Waals surface area contributed by atoms with Crippen LogP contribution in [0.2, 0.25) is 0 Å². The molecule has 0 bridgehead atoms. The monoisotopic (exact) mass is 584 g/mol. The number of aromatic nitrogens is 2. The number of nitrogens with zero attached hydrogens (tertiary/aromatic N) is 4. The van der Waals surface area contributed by atoms with Gasteiger partial charge >= 0.3 is 17.9 Å². The van der Waals surface area contributed by atoms with Crippen LogP contribution in [0.4, 0.5) is 9.59 Å². The first kappa shape index (κ1) is 30.1. The van der Waals surface area contributed by atoms with E-state index >= 15 is 0 Å². The minimum Gasteiger partial charge on any atom is -0.448 e. The number of carbonyl (C=O) groups excluding carboxylic acids is 2. The molecule has 4 aromatic rings. The number of carbonyl (C=O) groups is 2. The standard InChI is InChI=1S/C34H40N4O5/c1-34(2,3)43-33(41)38-30-17-11-10-16-29(30)37(31(38)39)28-18-20-36(21-19-28)32(40)42-23-22-35(24-26-12-6-4-7-13-26)25-27-14-8-5-9-15-27/h4-17,28H,18-25H2,1-3H3. The van der Waals surface area contributed by atoms with Crippen molar-refractivity contribution in [3.8, 4) is 0 Å². The second-order valence-corrected chi connectivity index (χ2v) is 12.0. The van der Waals surface area contributed by atoms with Crippen molar-refractivity contribution in [3.63, 3.8) is 0 Å². The number of rotatable bonds is 8. The average molecular weight is 585 g/mol. The Hall–Kier alpha value is -4.37. The number of benzene rings is 3. The molecule has 0 aliphatic carbocycles. The Bertz CT molecular complexity index is 1540. The van der Waals surface area contributed by atoms with Crippen molar-refractivity contribution in [1.82, 2.24) is 18.9 Å². The van der Waals surface area contributed by atoms with Crippen LogP contribution in [0.1, 0.15) is 50.8 Å². The Morgan fingerprint density at radius 1 is 0.791 bits per heavy atom. The van der Waals surface area contributed by atoms with E-state index in [4.69, 9.17) is 9.47 Å². The van der Waals surface area contributed by atoms with Gasteiger partial charge in [0.2, 0.25) is 0 Å². The lowest BCUT2D eigenvalue weighted by atomic mass is 10.0. The van der Waals surface area contributed by atoms with Gasteiger partial charge in [0.1, 0.15) is 12.2 Å². The Morgan fingerprint density at radius 3 is 1.88 bits per heavy atom. The van der Waals surface area contributed by atoms with Crippen LogP contribution in [0.3, 0.4) is 0 Å². The van der Waals surface area contributed by atoms with Crippen LogP contribution in [0.25, 0.3) is 11.0 Å². The summed E-state index contributed by atoms with van der Waals surface area (Å²) in [6.45, 7) is 8.62. The molecule has 0 radical (unpaired) electrons. The lowest BCUT2D eigenvalue weighted by molar-refractivity contribution is 0.0536. The second-order valence-electron chi connectivity index (χ2n) is 12.0. The van der Waals surface area contributed by atoms with Gasteiger partial charge in [-0.3, -0.25) is 9.47 Å². The summed E-state index contributed by atoms with van der Waals surface area (Å²) in [4.78, 5) is 43.4. The second kappa shape index (κ2) is 13.3. The third kappa shape index (κ3) is 7.53. The number of hydrogen-bond acceptors (Lipinski definition) is 6. The van der Waals surface area contributed by atoms with Crippen molar-refractivity contribution in [2.24, 2.45) is 0 Å². The molecular weight excluding hydrogens is 544 g/mol. The molecule has 1 amide bonds. The van der Waals surface area contributed by atoms with E-state index in [9.17, 15) is 14.4 Å². The summed E-state index contributed by atoms with van der Waals surface area (Å²) < 4.78 is 14.0. The average Bonchev–Trinajstić information content (AvgIpc) is 3.29. The summed E-state index contributed by atoms with van der Waals surface area (Å²) in [6, 6.07) is 27.6. The zero-order valence-corrected chi connectivity index (χ0v) is 25.1. The summed E-state index contributed by atoms with van der Waals surface area (Å²) in [6.07, 6.45) is 0.111. The van der Waals surface area contributed by atoms with Gasteiger partial charge < -0.3 is 14.4 Å². The minimum absolute atomic E-state index is 0.155. The van der Waals surface area contributed by atoms with Gasteiger partial charge in [-0.1, -0.05) is 72.8 Å². The van der Waals surface area contributed by atoms with Crippen LogP contribution in [-0.4, -0.2) is 63.0 Å². The van der Waals surface area contributed by atoms with Crippen LogP contribution in [0, 0.1) is 0 Å². The van der Waals surface area contributed by atoms with E-state index in [1.54, 1.807) is 42.4 Å². The zero-order chi connectivity index (χ0) is 30.4. The Kier molecular flexibility index (Phi) is 9.31. The van der Waals surface area contributed by atoms with Crippen LogP contribution in [-0.2, 0) is 22.6 Å². The summed E-state index contributed by atoms with van der Waals surface area (Å²) in [5, 5.41) is 0. The first-order chi connectivity index (χ1) is 20.7. The topological polar surface area (TPSA) is 86.0 Å². The largest absolute Gasteiger partial charge is 0.448 e. The molecule has 43 heavy (non-hydrogen) atoms. The molecule has 3 aromatic carbocycles. The van der Waals surface area contributed by atoms with Gasteiger partial charge in [0, 0.05) is 38.8 Å². The molecule has 0 atom stereocenters. The summed E-state index contributed by atoms with van der Waals surface area (Å²) in [5.74, 6) is 0. The molecule has 9 nitrogen and oxygen atoms in total. The number of amides is 1. The van der Waals surface area contributed by atoms with E-state index in [1.165, 1.54) is 11.1 Å². The fourth-order valence-corrected chi connectivity index (χ4v) is 5.56. The highest BCUT2D eigenvalue weighted by molar-refractivity contribution is 5.87. The molecule has 1 aromatic heterocycles. The van der Waals surface area contributed by atoms with Crippen molar-refractivity contribution >= 4 is 23.2 Å². The maximum atomic E-state index is 13.5. The molecule has 5 rings (SSSR count). The van der Waals surface area contributed by atoms with Crippen molar-refractivity contribution in [3.05, 3.63) is 107 Å². The quantitative estimate of drug-likeness (QED) is 0.250. The fourth-order valence-electron chi connectivity index (χ4n) is 5.56. The molecule has 0 saturated carbocycles. The Morgan fingerprint density at radius 2 is 1.33 bits per heavy atom. The number of piperidine rings is 1. The highest BCUT2D eigenvalue weighted by Crippen LogP contribution is 2.26. The maximum absolute atomic E-state index is 13.5. The number of imidazole rings is 1. The lowest BCUT2D eigenvalue weighted by Gasteiger charge is -2.32. The maximum Gasteiger partial charge on any atom is 0.423 e. The van der Waals surface area contributed by atoms with E-state index in [2.05, 4.69) is 29.2 Å². The molecular formula is C34H40N4O5. The Balaban J connectivity index is 1.19. The highest BCUT2D eigenvalue weighted by atomic mass is 16.6. The van der Waals surface area contributed by atoms with E-state index in [1.807, 2.05) is 48.5 Å². The third-order valence-electron chi connectivity index (χ3n) is 7.57. The number of hydrogen-bond donors (Lipinski definition) is 0. The van der Waals surface area contributed by atoms with Gasteiger partial charge in [0.25, 0.3) is 0 Å². The summed E-state index contributed by atoms with van der Waals surface area (Å²) in [5.41, 5.74) is 2.44. The van der Waals surface area contributed by atoms with E-state index < -0.39 is 17.4 Å². The van der Waals surface area contributed by atoms with Gasteiger partial charge in [-0.25, -0.2) is 14.4 Å². The molecule has 0 unspecified atom stereocenters. The van der Waals surface area contributed by atoms with Crippen molar-refractivity contribution in [2.45, 2.75) is 58.3 Å². The fraction of sp³-hybridized carbons (Fsp3) is 0.382. The molecule has 1 aliphatic heterocycles. The van der Waals surface area contributed by atoms with Crippen LogP contribution >= 0.6 is 0 Å². The molecule has 9 heteroatoms. The van der Waals surface area contributed by atoms with Crippen molar-refractivity contribution < 1.29 is 19.1 Å². The first-order valence-corrected chi connectivity index (χ1v) is 14.9. The van der Waals surface area contributed by atoms with Crippen LogP contribution in [0.15, 0.2) is 89.7 Å². The number of para-hydroxylation sites is 2. The lowest BCUT2D eigenvalue weighted by Crippen LogP contribution is -2.42. The van der Waals surface area contributed by atoms with Crippen molar-refractivity contribution in [1.29, 1.82) is 0 Å². The summed E-state index contributed by atoms with van der Waals surface area (Å²) >= 11 is 0. The van der Waals surface area contributed by atoms with Gasteiger partial charge in [0.15, 0.2) is 0 Å². The smallest absolute Gasteiger partial charge is 0.423 e. The van der Waals surface area contributed by atoms with E-state index in [0.29, 0.717) is 43.5 Å². The number of fused-ring (bicyclic) bond motifs is 1. The Labute approximate surface area is 252 Å². The molecule has 2 heterocycles. The molecule has 226 valence electrons. The normalized spacial score (nSPS) is 14.3.